The average molecular weight is 985 g/mol. The summed E-state index contributed by atoms with van der Waals surface area (Å²) in [4.78, 5) is 2.32. The van der Waals surface area contributed by atoms with E-state index in [-0.39, 0.29) is 0 Å². The zero-order valence-electron chi connectivity index (χ0n) is 42.0. The van der Waals surface area contributed by atoms with Gasteiger partial charge in [0.1, 0.15) is 23.5 Å². The smallest absolute Gasteiger partial charge is 0.143 e. The number of allylic oxidation sites excluding steroid dienone is 4. The Morgan fingerprint density at radius 3 is 1.65 bits per heavy atom. The van der Waals surface area contributed by atoms with Gasteiger partial charge in [0.25, 0.3) is 0 Å². The van der Waals surface area contributed by atoms with Crippen LogP contribution in [0.2, 0.25) is 0 Å². The molecule has 0 atom stereocenters. The van der Waals surface area contributed by atoms with Gasteiger partial charge in [-0.1, -0.05) is 189 Å². The van der Waals surface area contributed by atoms with Crippen molar-refractivity contribution in [3.8, 4) is 44.8 Å². The van der Waals surface area contributed by atoms with Crippen LogP contribution in [0.1, 0.15) is 5.56 Å². The van der Waals surface area contributed by atoms with Gasteiger partial charge in [0.05, 0.1) is 11.0 Å². The van der Waals surface area contributed by atoms with Crippen LogP contribution < -0.4 is 9.64 Å². The first-order chi connectivity index (χ1) is 38.1. The van der Waals surface area contributed by atoms with Crippen LogP contribution in [0.3, 0.4) is 0 Å². The second kappa shape index (κ2) is 18.0. The molecule has 0 N–H and O–H groups in total. The molecule has 4 heteroatoms. The average Bonchev–Trinajstić information content (AvgIpc) is 4.06. The number of hydrogen-bond donors (Lipinski definition) is 0. The molecule has 15 rings (SSSR count). The van der Waals surface area contributed by atoms with Crippen molar-refractivity contribution in [2.75, 3.05) is 11.5 Å². The molecule has 0 radical (unpaired) electrons. The minimum atomic E-state index is 0.466. The lowest BCUT2D eigenvalue weighted by Gasteiger charge is -2.26. The molecule has 2 aromatic heterocycles. The number of aromatic nitrogens is 1. The van der Waals surface area contributed by atoms with E-state index in [0.717, 1.165) is 111 Å². The molecule has 362 valence electrons. The van der Waals surface area contributed by atoms with E-state index >= 15 is 0 Å². The van der Waals surface area contributed by atoms with Crippen LogP contribution in [-0.2, 0) is 0 Å². The molecule has 0 unspecified atom stereocenters. The van der Waals surface area contributed by atoms with E-state index in [1.165, 1.54) is 37.7 Å². The summed E-state index contributed by atoms with van der Waals surface area (Å²) in [7, 11) is 0. The fraction of sp³-hybridized carbons (Fsp3) is 0.0137. The highest BCUT2D eigenvalue weighted by Crippen LogP contribution is 2.45. The zero-order chi connectivity index (χ0) is 51.0. The van der Waals surface area contributed by atoms with Crippen LogP contribution in [0, 0.1) is 0 Å². The third-order valence-electron chi connectivity index (χ3n) is 15.6. The van der Waals surface area contributed by atoms with Gasteiger partial charge < -0.3 is 18.6 Å². The van der Waals surface area contributed by atoms with Gasteiger partial charge >= 0.3 is 0 Å². The lowest BCUT2D eigenvalue weighted by molar-refractivity contribution is 0.363. The summed E-state index contributed by atoms with van der Waals surface area (Å²) in [6.07, 6.45) is 8.14. The molecule has 0 aliphatic carbocycles. The Bertz CT molecular complexity index is 4710. The fourth-order valence-electron chi connectivity index (χ4n) is 12.0. The molecule has 14 aromatic rings. The normalized spacial score (nSPS) is 13.5. The van der Waals surface area contributed by atoms with E-state index < -0.39 is 0 Å². The van der Waals surface area contributed by atoms with Gasteiger partial charge in [-0.2, -0.15) is 0 Å². The predicted octanol–water partition coefficient (Wildman–Crippen LogP) is 20.1. The largest absolute Gasteiger partial charge is 0.488 e. The van der Waals surface area contributed by atoms with Gasteiger partial charge in [-0.3, -0.25) is 0 Å². The van der Waals surface area contributed by atoms with Gasteiger partial charge in [-0.15, -0.1) is 0 Å². The first-order valence-electron chi connectivity index (χ1n) is 26.3. The van der Waals surface area contributed by atoms with Crippen molar-refractivity contribution in [2.45, 2.75) is 0 Å². The summed E-state index contributed by atoms with van der Waals surface area (Å²) in [5.41, 5.74) is 16.9. The number of rotatable bonds is 7. The van der Waals surface area contributed by atoms with E-state index in [2.05, 4.69) is 253 Å². The molecular weight excluding hydrogens is 937 g/mol. The first kappa shape index (κ1) is 44.3. The molecule has 77 heavy (non-hydrogen) atoms. The SMILES string of the molecule is C=C1/C=C\C=C/COc2c1cccc2-c1ccc2c(c1)c1cc(-c3ccc(N(c4ccccc4)c4ccc(-c5cccc6c5oc5ccccc56)cc4)cc3)ccc1n2-c1ccc2c3ccccc3c3ccccc3c2c1. The fourth-order valence-corrected chi connectivity index (χ4v) is 12.0. The van der Waals surface area contributed by atoms with Gasteiger partial charge in [-0.05, 0) is 145 Å². The van der Waals surface area contributed by atoms with Crippen molar-refractivity contribution >= 4 is 98.7 Å². The van der Waals surface area contributed by atoms with Crippen LogP contribution in [0.25, 0.3) is 121 Å². The molecule has 0 saturated heterocycles. The Labute approximate surface area is 445 Å². The van der Waals surface area contributed by atoms with Crippen molar-refractivity contribution in [3.63, 3.8) is 0 Å². The quantitative estimate of drug-likeness (QED) is 0.149. The van der Waals surface area contributed by atoms with Crippen LogP contribution in [0.4, 0.5) is 17.1 Å². The molecule has 1 aliphatic rings. The third kappa shape index (κ3) is 7.37. The van der Waals surface area contributed by atoms with Gasteiger partial charge in [-0.25, -0.2) is 0 Å². The maximum atomic E-state index is 6.55. The van der Waals surface area contributed by atoms with E-state index in [0.29, 0.717) is 6.61 Å². The molecular formula is C73H48N2O2. The summed E-state index contributed by atoms with van der Waals surface area (Å²) < 4.78 is 15.4. The Morgan fingerprint density at radius 2 is 0.922 bits per heavy atom. The van der Waals surface area contributed by atoms with Crippen molar-refractivity contribution in [1.29, 1.82) is 0 Å². The van der Waals surface area contributed by atoms with Gasteiger partial charge in [0.2, 0.25) is 0 Å². The van der Waals surface area contributed by atoms with Crippen LogP contribution >= 0.6 is 0 Å². The molecule has 3 heterocycles. The number of benzene rings is 12. The van der Waals surface area contributed by atoms with Crippen molar-refractivity contribution in [1.82, 2.24) is 4.57 Å². The first-order valence-corrected chi connectivity index (χ1v) is 26.3. The van der Waals surface area contributed by atoms with Gasteiger partial charge in [0, 0.05) is 61.0 Å². The standard InChI is InChI=1S/C73H48N2O2/c1-47-16-4-3-13-43-76-72-56(47)24-14-26-58(72)51-34-42-70-68(45-51)67-44-50(33-41-69(67)75(70)55-39-40-63-61-21-8-7-19-59(61)60-20-9-10-22-62(60)66(63)46-55)48-29-35-53(36-30-48)74(52-17-5-2-6-18-52)54-37-31-49(32-38-54)57-25-15-27-65-64-23-11-12-28-71(64)77-73(57)65/h2-42,44-46H,1,43H2/b13-3-,16-4-. The summed E-state index contributed by atoms with van der Waals surface area (Å²) in [5, 5.41) is 12.1. The number of nitrogens with zero attached hydrogens (tertiary/aromatic N) is 2. The summed E-state index contributed by atoms with van der Waals surface area (Å²) >= 11 is 0. The van der Waals surface area contributed by atoms with E-state index in [4.69, 9.17) is 9.15 Å². The number of hydrogen-bond acceptors (Lipinski definition) is 3. The second-order valence-electron chi connectivity index (χ2n) is 20.0. The highest BCUT2D eigenvalue weighted by atomic mass is 16.5. The molecule has 12 aromatic carbocycles. The number of furan rings is 1. The number of ether oxygens (including phenoxy) is 1. The number of para-hydroxylation sites is 4. The highest BCUT2D eigenvalue weighted by molar-refractivity contribution is 6.26. The van der Waals surface area contributed by atoms with Crippen molar-refractivity contribution < 1.29 is 9.15 Å². The lowest BCUT2D eigenvalue weighted by atomic mass is 9.94. The number of fused-ring (bicyclic) bond motifs is 13. The number of anilines is 3. The van der Waals surface area contributed by atoms with E-state index in [1.54, 1.807) is 0 Å². The molecule has 0 saturated carbocycles. The Balaban J connectivity index is 0.858. The second-order valence-corrected chi connectivity index (χ2v) is 20.0. The minimum Gasteiger partial charge on any atom is -0.488 e. The lowest BCUT2D eigenvalue weighted by Crippen LogP contribution is -2.09. The Kier molecular flexibility index (Phi) is 10.4. The maximum Gasteiger partial charge on any atom is 0.143 e. The predicted molar refractivity (Wildman–Crippen MR) is 324 cm³/mol. The molecule has 0 fully saturated rings. The summed E-state index contributed by atoms with van der Waals surface area (Å²) in [5.74, 6) is 0.840. The third-order valence-corrected chi connectivity index (χ3v) is 15.6. The maximum absolute atomic E-state index is 6.55. The Hall–Kier alpha value is -10.2. The van der Waals surface area contributed by atoms with Crippen LogP contribution in [-0.4, -0.2) is 11.2 Å². The van der Waals surface area contributed by atoms with E-state index in [9.17, 15) is 0 Å². The van der Waals surface area contributed by atoms with Crippen molar-refractivity contribution in [2.24, 2.45) is 0 Å². The minimum absolute atomic E-state index is 0.466. The van der Waals surface area contributed by atoms with Crippen LogP contribution in [0.15, 0.2) is 278 Å². The monoisotopic (exact) mass is 984 g/mol. The Morgan fingerprint density at radius 1 is 0.377 bits per heavy atom. The summed E-state index contributed by atoms with van der Waals surface area (Å²) in [6.45, 7) is 4.89. The van der Waals surface area contributed by atoms with Gasteiger partial charge in [0.15, 0.2) is 0 Å². The molecule has 1 aliphatic heterocycles. The zero-order valence-corrected chi connectivity index (χ0v) is 42.0. The molecule has 4 nitrogen and oxygen atoms in total. The molecule has 0 spiro atoms. The van der Waals surface area contributed by atoms with Crippen LogP contribution in [0.5, 0.6) is 5.75 Å². The topological polar surface area (TPSA) is 30.5 Å². The van der Waals surface area contributed by atoms with E-state index in [1.807, 2.05) is 30.4 Å². The molecule has 0 bridgehead atoms. The van der Waals surface area contributed by atoms with Crippen molar-refractivity contribution in [3.05, 3.63) is 279 Å². The molecule has 0 amide bonds. The highest BCUT2D eigenvalue weighted by Gasteiger charge is 2.21. The summed E-state index contributed by atoms with van der Waals surface area (Å²) in [6, 6.07) is 87.9.